The van der Waals surface area contributed by atoms with Gasteiger partial charge in [0.25, 0.3) is 11.8 Å². The van der Waals surface area contributed by atoms with Crippen LogP contribution in [0.3, 0.4) is 0 Å². The Hall–Kier alpha value is -2.80. The number of rotatable bonds is 8. The third kappa shape index (κ3) is 4.78. The van der Waals surface area contributed by atoms with E-state index in [1.54, 1.807) is 0 Å². The topological polar surface area (TPSA) is 189 Å². The minimum atomic E-state index is -1.47. The quantitative estimate of drug-likeness (QED) is 0.171. The molecule has 0 aromatic carbocycles. The van der Waals surface area contributed by atoms with Gasteiger partial charge in [0.15, 0.2) is 9.47 Å². The predicted octanol–water partition coefficient (Wildman–Crippen LogP) is -0.793. The van der Waals surface area contributed by atoms with Gasteiger partial charge in [0, 0.05) is 35.0 Å². The molecule has 3 aliphatic heterocycles. The fraction of sp³-hybridized carbons (Fsp3) is 0.474. The Morgan fingerprint density at radius 3 is 2.68 bits per heavy atom. The standard InChI is InChI=1S/C19H21N9O5S4/c1-28(5-3-4-6-28)18-23-19(37-26-18)35-8-7-34-15-10(14(30)27(15)11(8)16(31)32)21-13(29)9(24-33-2)12-22-17(20)36-25-12/h10,15H,3-7H2,1-2H3,(H3-,20,21,22,25,29,31,32)/b24-9-/t10-,15?/m1/s1. The van der Waals surface area contributed by atoms with Crippen LogP contribution >= 0.6 is 46.6 Å². The average molecular weight is 584 g/mol. The number of aliphatic carboxylic acids is 1. The first kappa shape index (κ1) is 25.8. The fourth-order valence-corrected chi connectivity index (χ4v) is 8.04. The molecule has 14 nitrogen and oxygen atoms in total. The smallest absolute Gasteiger partial charge is 0.341 e. The van der Waals surface area contributed by atoms with Crippen LogP contribution in [-0.4, -0.2) is 91.5 Å². The number of hydrogen-bond donors (Lipinski definition) is 2. The molecule has 2 amide bonds. The van der Waals surface area contributed by atoms with Gasteiger partial charge in [-0.15, -0.1) is 16.1 Å². The fourth-order valence-electron chi connectivity index (χ4n) is 4.28. The number of aromatic nitrogens is 4. The highest BCUT2D eigenvalue weighted by atomic mass is 32.2. The zero-order valence-corrected chi connectivity index (χ0v) is 22.8. The Bertz CT molecular complexity index is 1320. The maximum Gasteiger partial charge on any atom is 0.341 e. The van der Waals surface area contributed by atoms with Gasteiger partial charge in [0.1, 0.15) is 18.5 Å². The van der Waals surface area contributed by atoms with Crippen molar-refractivity contribution in [1.29, 1.82) is 0 Å². The summed E-state index contributed by atoms with van der Waals surface area (Å²) in [7, 11) is 3.34. The molecule has 0 aliphatic carbocycles. The zero-order valence-electron chi connectivity index (χ0n) is 19.6. The van der Waals surface area contributed by atoms with E-state index in [4.69, 9.17) is 10.6 Å². The first-order valence-electron chi connectivity index (χ1n) is 11.0. The van der Waals surface area contributed by atoms with Crippen LogP contribution in [0.1, 0.15) is 18.7 Å². The number of likely N-dealkylation sites (tertiary alicyclic amines) is 1. The van der Waals surface area contributed by atoms with Gasteiger partial charge in [-0.25, -0.2) is 0 Å². The maximum atomic E-state index is 13.0. The van der Waals surface area contributed by atoms with Gasteiger partial charge in [-0.3, -0.25) is 19.0 Å². The van der Waals surface area contributed by atoms with E-state index in [1.807, 2.05) is 0 Å². The summed E-state index contributed by atoms with van der Waals surface area (Å²) in [6.07, 6.45) is 2.22. The second-order valence-electron chi connectivity index (χ2n) is 8.51. The molecule has 0 spiro atoms. The Morgan fingerprint density at radius 2 is 2.03 bits per heavy atom. The number of anilines is 1. The van der Waals surface area contributed by atoms with Gasteiger partial charge in [0.05, 0.1) is 31.8 Å². The van der Waals surface area contributed by atoms with E-state index in [0.29, 0.717) is 19.5 Å². The summed E-state index contributed by atoms with van der Waals surface area (Å²) in [4.78, 5) is 52.8. The SMILES string of the molecule is CO/N=C(\C(=O)N[C@@H]1C(=O)N2C(C(=O)[O-])=C(Sc3nc([N+]4(C)CCCC4)ns3)CSC12)c1nsc(N)n1. The Balaban J connectivity index is 1.32. The Labute approximate surface area is 227 Å². The molecule has 37 heavy (non-hydrogen) atoms. The van der Waals surface area contributed by atoms with Crippen molar-refractivity contribution < 1.29 is 24.3 Å². The Morgan fingerprint density at radius 1 is 1.27 bits per heavy atom. The van der Waals surface area contributed by atoms with Crippen LogP contribution < -0.4 is 20.6 Å². The number of thioether (sulfide) groups is 2. The van der Waals surface area contributed by atoms with Crippen molar-refractivity contribution >= 4 is 81.2 Å². The normalized spacial score (nSPS) is 23.0. The van der Waals surface area contributed by atoms with Crippen molar-refractivity contribution in [1.82, 2.24) is 33.4 Å². The highest BCUT2D eigenvalue weighted by Gasteiger charge is 2.53. The number of nitrogens with zero attached hydrogens (tertiary/aromatic N) is 7. The molecule has 2 saturated heterocycles. The second-order valence-corrected chi connectivity index (χ2v) is 12.5. The predicted molar refractivity (Wildman–Crippen MR) is 137 cm³/mol. The first-order valence-corrected chi connectivity index (χ1v) is 14.4. The number of amides is 2. The van der Waals surface area contributed by atoms with E-state index in [9.17, 15) is 19.5 Å². The summed E-state index contributed by atoms with van der Waals surface area (Å²) < 4.78 is 9.70. The van der Waals surface area contributed by atoms with E-state index in [2.05, 4.69) is 36.2 Å². The lowest BCUT2D eigenvalue weighted by Crippen LogP contribution is -2.71. The van der Waals surface area contributed by atoms with Crippen LogP contribution in [0.15, 0.2) is 20.1 Å². The summed E-state index contributed by atoms with van der Waals surface area (Å²) in [5.41, 5.74) is 5.11. The third-order valence-electron chi connectivity index (χ3n) is 6.11. The molecule has 2 atom stereocenters. The summed E-state index contributed by atoms with van der Waals surface area (Å²) in [5.74, 6) is -1.85. The van der Waals surface area contributed by atoms with E-state index in [0.717, 1.165) is 48.3 Å². The van der Waals surface area contributed by atoms with Gasteiger partial charge in [-0.05, 0) is 11.5 Å². The number of nitrogen functional groups attached to an aromatic ring is 1. The molecule has 5 rings (SSSR count). The molecule has 2 aromatic rings. The Kier molecular flexibility index (Phi) is 7.10. The molecule has 1 unspecified atom stereocenters. The highest BCUT2D eigenvalue weighted by molar-refractivity contribution is 8.07. The van der Waals surface area contributed by atoms with E-state index in [-0.39, 0.29) is 22.4 Å². The van der Waals surface area contributed by atoms with Crippen LogP contribution in [0.25, 0.3) is 0 Å². The molecule has 3 N–H and O–H groups in total. The summed E-state index contributed by atoms with van der Waals surface area (Å²) in [6.45, 7) is 1.92. The number of carbonyl (C=O) groups is 3. The van der Waals surface area contributed by atoms with E-state index >= 15 is 0 Å². The first-order chi connectivity index (χ1) is 17.7. The number of carboxylic acid groups (broad SMARTS) is 1. The van der Waals surface area contributed by atoms with Gasteiger partial charge in [0.2, 0.25) is 11.5 Å². The maximum absolute atomic E-state index is 13.0. The third-order valence-corrected chi connectivity index (χ3v) is 9.94. The largest absolute Gasteiger partial charge is 0.543 e. The van der Waals surface area contributed by atoms with Crippen LogP contribution in [-0.2, 0) is 19.2 Å². The number of carbonyl (C=O) groups excluding carboxylic acids is 3. The molecule has 5 heterocycles. The van der Waals surface area contributed by atoms with Gasteiger partial charge in [-0.1, -0.05) is 16.9 Å². The van der Waals surface area contributed by atoms with Gasteiger partial charge >= 0.3 is 5.95 Å². The molecular formula is C19H21N9O5S4. The molecule has 0 radical (unpaired) electrons. The highest BCUT2D eigenvalue weighted by Crippen LogP contribution is 2.45. The monoisotopic (exact) mass is 583 g/mol. The van der Waals surface area contributed by atoms with Crippen molar-refractivity contribution in [3.05, 3.63) is 16.4 Å². The minimum absolute atomic E-state index is 0.0442. The van der Waals surface area contributed by atoms with Crippen LogP contribution in [0.2, 0.25) is 0 Å². The number of oxime groups is 1. The number of carboxylic acids is 1. The van der Waals surface area contributed by atoms with E-state index in [1.165, 1.54) is 42.2 Å². The molecule has 3 aliphatic rings. The molecule has 18 heteroatoms. The lowest BCUT2D eigenvalue weighted by atomic mass is 10.0. The van der Waals surface area contributed by atoms with Crippen molar-refractivity contribution in [2.24, 2.45) is 5.16 Å². The number of quaternary nitrogens is 1. The van der Waals surface area contributed by atoms with E-state index < -0.39 is 29.2 Å². The molecular weight excluding hydrogens is 563 g/mol. The lowest BCUT2D eigenvalue weighted by molar-refractivity contribution is -0.301. The number of hydrogen-bond acceptors (Lipinski definition) is 15. The van der Waals surface area contributed by atoms with Crippen LogP contribution in [0.5, 0.6) is 0 Å². The van der Waals surface area contributed by atoms with Crippen molar-refractivity contribution in [3.8, 4) is 0 Å². The molecule has 0 saturated carbocycles. The number of β-lactam (4-membered cyclic amide) rings is 1. The minimum Gasteiger partial charge on any atom is -0.543 e. The van der Waals surface area contributed by atoms with Gasteiger partial charge in [-0.2, -0.15) is 14.3 Å². The summed E-state index contributed by atoms with van der Waals surface area (Å²) in [6, 6.07) is -0.982. The van der Waals surface area contributed by atoms with Crippen molar-refractivity contribution in [2.45, 2.75) is 28.6 Å². The summed E-state index contributed by atoms with van der Waals surface area (Å²) >= 11 is 4.58. The summed E-state index contributed by atoms with van der Waals surface area (Å²) in [5, 5.41) is 17.8. The van der Waals surface area contributed by atoms with Crippen molar-refractivity contribution in [2.75, 3.05) is 38.7 Å². The lowest BCUT2D eigenvalue weighted by Gasteiger charge is -2.50. The number of nitrogens with one attached hydrogen (secondary N) is 1. The van der Waals surface area contributed by atoms with Gasteiger partial charge < -0.3 is 25.8 Å². The molecule has 196 valence electrons. The van der Waals surface area contributed by atoms with Crippen LogP contribution in [0, 0.1) is 0 Å². The second kappa shape index (κ2) is 10.2. The molecule has 2 fully saturated rings. The number of nitrogens with two attached hydrogens (primary N) is 1. The average Bonchev–Trinajstić information content (AvgIpc) is 3.62. The molecule has 0 bridgehead atoms. The number of fused-ring (bicyclic) bond motifs is 1. The van der Waals surface area contributed by atoms with Crippen molar-refractivity contribution in [3.63, 3.8) is 0 Å². The zero-order chi connectivity index (χ0) is 26.3. The van der Waals surface area contributed by atoms with Crippen LogP contribution in [0.4, 0.5) is 11.1 Å². The molecule has 2 aromatic heterocycles.